The fourth-order valence-electron chi connectivity index (χ4n) is 3.71. The van der Waals surface area contributed by atoms with E-state index >= 15 is 0 Å². The molecule has 34 heavy (non-hydrogen) atoms. The molecular formula is C20H18ClF3N10. The molecule has 1 aromatic carbocycles. The number of nitrogens with zero attached hydrogens (tertiary/aromatic N) is 9. The summed E-state index contributed by atoms with van der Waals surface area (Å²) in [6, 6.07) is 6.73. The number of hydrogen-bond acceptors (Lipinski definition) is 9. The Morgan fingerprint density at radius 1 is 0.971 bits per heavy atom. The molecule has 1 saturated heterocycles. The van der Waals surface area contributed by atoms with E-state index in [1.54, 1.807) is 4.52 Å². The first-order valence-corrected chi connectivity index (χ1v) is 10.7. The number of benzene rings is 1. The third-order valence-corrected chi connectivity index (χ3v) is 5.46. The molecule has 1 N–H and O–H groups in total. The van der Waals surface area contributed by atoms with E-state index in [0.29, 0.717) is 37.9 Å². The predicted molar refractivity (Wildman–Crippen MR) is 120 cm³/mol. The third-order valence-electron chi connectivity index (χ3n) is 5.29. The molecule has 1 fully saturated rings. The molecule has 176 valence electrons. The summed E-state index contributed by atoms with van der Waals surface area (Å²) in [4.78, 5) is 25.2. The van der Waals surface area contributed by atoms with Crippen molar-refractivity contribution in [2.24, 2.45) is 0 Å². The van der Waals surface area contributed by atoms with Gasteiger partial charge >= 0.3 is 6.18 Å². The number of nitrogens with one attached hydrogen (secondary N) is 1. The molecule has 14 heteroatoms. The molecule has 5 rings (SSSR count). The van der Waals surface area contributed by atoms with Gasteiger partial charge in [0.05, 0.1) is 5.56 Å². The maximum Gasteiger partial charge on any atom is 0.416 e. The second-order valence-corrected chi connectivity index (χ2v) is 7.97. The van der Waals surface area contributed by atoms with Gasteiger partial charge in [-0.05, 0) is 36.7 Å². The van der Waals surface area contributed by atoms with Crippen LogP contribution in [0, 0.1) is 6.92 Å². The fourth-order valence-corrected chi connectivity index (χ4v) is 3.87. The zero-order valence-electron chi connectivity index (χ0n) is 17.8. The van der Waals surface area contributed by atoms with E-state index in [1.165, 1.54) is 18.5 Å². The van der Waals surface area contributed by atoms with E-state index in [0.717, 1.165) is 23.6 Å². The van der Waals surface area contributed by atoms with Crippen LogP contribution in [0.3, 0.4) is 0 Å². The Hall–Kier alpha value is -3.74. The molecule has 0 radical (unpaired) electrons. The van der Waals surface area contributed by atoms with Crippen molar-refractivity contribution in [2.75, 3.05) is 41.3 Å². The van der Waals surface area contributed by atoms with Crippen molar-refractivity contribution in [3.63, 3.8) is 0 Å². The van der Waals surface area contributed by atoms with E-state index in [1.807, 2.05) is 17.9 Å². The fraction of sp³-hybridized carbons (Fsp3) is 0.300. The van der Waals surface area contributed by atoms with Gasteiger partial charge in [0.15, 0.2) is 0 Å². The van der Waals surface area contributed by atoms with Gasteiger partial charge in [0.1, 0.15) is 12.1 Å². The Morgan fingerprint density at radius 2 is 1.74 bits per heavy atom. The monoisotopic (exact) mass is 490 g/mol. The van der Waals surface area contributed by atoms with Gasteiger partial charge in [-0.15, -0.1) is 0 Å². The number of halogens is 4. The van der Waals surface area contributed by atoms with Crippen LogP contribution in [0.4, 0.5) is 36.6 Å². The molecule has 0 unspecified atom stereocenters. The summed E-state index contributed by atoms with van der Waals surface area (Å²) in [6.45, 7) is 4.37. The van der Waals surface area contributed by atoms with Crippen molar-refractivity contribution in [1.29, 1.82) is 0 Å². The molecule has 0 spiro atoms. The summed E-state index contributed by atoms with van der Waals surface area (Å²) < 4.78 is 40.7. The van der Waals surface area contributed by atoms with Crippen molar-refractivity contribution in [3.8, 4) is 0 Å². The van der Waals surface area contributed by atoms with Gasteiger partial charge in [-0.1, -0.05) is 6.07 Å². The van der Waals surface area contributed by atoms with Crippen LogP contribution in [0.25, 0.3) is 5.78 Å². The average Bonchev–Trinajstić information content (AvgIpc) is 3.26. The minimum atomic E-state index is -4.45. The average molecular weight is 491 g/mol. The van der Waals surface area contributed by atoms with Crippen molar-refractivity contribution in [1.82, 2.24) is 34.5 Å². The number of fused-ring (bicyclic) bond motifs is 1. The summed E-state index contributed by atoms with van der Waals surface area (Å²) >= 11 is 6.09. The smallest absolute Gasteiger partial charge is 0.353 e. The van der Waals surface area contributed by atoms with Crippen LogP contribution in [-0.4, -0.2) is 60.7 Å². The Kier molecular flexibility index (Phi) is 5.55. The van der Waals surface area contributed by atoms with Crippen LogP contribution in [0.15, 0.2) is 36.7 Å². The first kappa shape index (κ1) is 22.1. The third kappa shape index (κ3) is 4.51. The Bertz CT molecular complexity index is 1330. The summed E-state index contributed by atoms with van der Waals surface area (Å²) in [7, 11) is 0. The number of alkyl halides is 3. The van der Waals surface area contributed by atoms with Crippen LogP contribution in [0.2, 0.25) is 5.28 Å². The van der Waals surface area contributed by atoms with Crippen LogP contribution >= 0.6 is 11.6 Å². The second-order valence-electron chi connectivity index (χ2n) is 7.63. The zero-order chi connectivity index (χ0) is 23.9. The van der Waals surface area contributed by atoms with Crippen LogP contribution in [0.5, 0.6) is 0 Å². The molecule has 0 atom stereocenters. The van der Waals surface area contributed by atoms with E-state index < -0.39 is 11.7 Å². The number of aryl methyl sites for hydroxylation is 1. The van der Waals surface area contributed by atoms with Crippen LogP contribution < -0.4 is 15.1 Å². The van der Waals surface area contributed by atoms with Crippen molar-refractivity contribution >= 4 is 40.8 Å². The van der Waals surface area contributed by atoms with Gasteiger partial charge in [0.2, 0.25) is 17.2 Å². The minimum absolute atomic E-state index is 0.0593. The Balaban J connectivity index is 1.32. The van der Waals surface area contributed by atoms with E-state index in [2.05, 4.69) is 40.2 Å². The quantitative estimate of drug-likeness (QED) is 0.461. The van der Waals surface area contributed by atoms with Gasteiger partial charge in [-0.3, -0.25) is 0 Å². The summed E-state index contributed by atoms with van der Waals surface area (Å²) in [5.41, 5.74) is 0.257. The molecule has 1 aliphatic heterocycles. The van der Waals surface area contributed by atoms with Gasteiger partial charge < -0.3 is 15.1 Å². The summed E-state index contributed by atoms with van der Waals surface area (Å²) in [5.74, 6) is 1.82. The maximum atomic E-state index is 13.0. The number of piperazine rings is 1. The highest BCUT2D eigenvalue weighted by molar-refractivity contribution is 6.28. The molecule has 0 aliphatic carbocycles. The lowest BCUT2D eigenvalue weighted by molar-refractivity contribution is -0.137. The molecule has 3 aromatic heterocycles. The van der Waals surface area contributed by atoms with E-state index in [9.17, 15) is 13.2 Å². The molecule has 1 aliphatic rings. The molecular weight excluding hydrogens is 473 g/mol. The largest absolute Gasteiger partial charge is 0.416 e. The lowest BCUT2D eigenvalue weighted by Crippen LogP contribution is -2.47. The molecule has 0 saturated carbocycles. The van der Waals surface area contributed by atoms with E-state index in [-0.39, 0.29) is 16.9 Å². The zero-order valence-corrected chi connectivity index (χ0v) is 18.6. The topological polar surface area (TPSA) is 100 Å². The lowest BCUT2D eigenvalue weighted by Gasteiger charge is -2.35. The Morgan fingerprint density at radius 3 is 2.50 bits per heavy atom. The molecule has 10 nitrogen and oxygen atoms in total. The maximum absolute atomic E-state index is 13.0. The summed E-state index contributed by atoms with van der Waals surface area (Å²) in [6.07, 6.45) is -2.99. The molecule has 0 amide bonds. The predicted octanol–water partition coefficient (Wildman–Crippen LogP) is 3.36. The first-order valence-electron chi connectivity index (χ1n) is 10.3. The molecule has 0 bridgehead atoms. The SMILES string of the molecule is Cc1cc(N2CCN(c3nc(Cl)nc(Nc4cccc(C(F)(F)F)c4)n3)CC2)n2ncnc2n1. The van der Waals surface area contributed by atoms with Gasteiger partial charge in [-0.25, -0.2) is 4.98 Å². The van der Waals surface area contributed by atoms with Crippen molar-refractivity contribution in [2.45, 2.75) is 13.1 Å². The minimum Gasteiger partial charge on any atom is -0.353 e. The van der Waals surface area contributed by atoms with Gasteiger partial charge in [0.25, 0.3) is 5.78 Å². The first-order chi connectivity index (χ1) is 16.3. The number of anilines is 4. The van der Waals surface area contributed by atoms with Crippen molar-refractivity contribution < 1.29 is 13.2 Å². The van der Waals surface area contributed by atoms with Crippen LogP contribution in [0.1, 0.15) is 11.3 Å². The number of aromatic nitrogens is 7. The Labute approximate surface area is 196 Å². The number of hydrogen-bond donors (Lipinski definition) is 1. The normalized spacial score (nSPS) is 14.6. The van der Waals surface area contributed by atoms with Gasteiger partial charge in [0, 0.05) is 43.6 Å². The highest BCUT2D eigenvalue weighted by atomic mass is 35.5. The summed E-state index contributed by atoms with van der Waals surface area (Å²) in [5, 5.41) is 6.98. The highest BCUT2D eigenvalue weighted by Gasteiger charge is 2.30. The standard InChI is InChI=1S/C20H18ClF3N10/c1-12-9-15(34-18(27-12)25-11-26-34)32-5-7-33(8-6-32)19-30-16(21)29-17(31-19)28-14-4-2-3-13(10-14)20(22,23)24/h2-4,9-11H,5-8H2,1H3,(H,28,29,30,31). The van der Waals surface area contributed by atoms with E-state index in [4.69, 9.17) is 11.6 Å². The van der Waals surface area contributed by atoms with Crippen molar-refractivity contribution in [3.05, 3.63) is 53.2 Å². The van der Waals surface area contributed by atoms with Gasteiger partial charge in [-0.2, -0.15) is 42.7 Å². The number of rotatable bonds is 4. The van der Waals surface area contributed by atoms with Crippen LogP contribution in [-0.2, 0) is 6.18 Å². The second kappa shape index (κ2) is 8.56. The molecule has 4 aromatic rings. The highest BCUT2D eigenvalue weighted by Crippen LogP contribution is 2.31. The molecule has 4 heterocycles. The lowest BCUT2D eigenvalue weighted by atomic mass is 10.2.